The van der Waals surface area contributed by atoms with E-state index in [1.165, 1.54) is 21.6 Å². The van der Waals surface area contributed by atoms with Crippen LogP contribution in [0.15, 0.2) is 87.1 Å². The number of alkyl halides is 3. The van der Waals surface area contributed by atoms with E-state index in [0.717, 1.165) is 45.3 Å². The summed E-state index contributed by atoms with van der Waals surface area (Å²) < 4.78 is 42.4. The third-order valence-corrected chi connectivity index (χ3v) is 10.5. The monoisotopic (exact) mass is 687 g/mol. The van der Waals surface area contributed by atoms with Gasteiger partial charge in [0, 0.05) is 15.3 Å². The molecule has 1 N–H and O–H groups in total. The number of fused-ring (bicyclic) bond motifs is 2. The van der Waals surface area contributed by atoms with Crippen molar-refractivity contribution in [1.29, 1.82) is 0 Å². The first-order valence-corrected chi connectivity index (χ1v) is 15.5. The number of carbonyl (C=O) groups excluding carboxylic acids is 3. The zero-order chi connectivity index (χ0) is 30.6. The molecule has 0 spiro atoms. The first-order valence-electron chi connectivity index (χ1n) is 13.0. The van der Waals surface area contributed by atoms with Gasteiger partial charge in [-0.05, 0) is 48.9 Å². The van der Waals surface area contributed by atoms with Crippen molar-refractivity contribution in [1.82, 2.24) is 4.57 Å². The third kappa shape index (κ3) is 5.34. The van der Waals surface area contributed by atoms with E-state index >= 15 is 0 Å². The van der Waals surface area contributed by atoms with E-state index < -0.39 is 57.7 Å². The van der Waals surface area contributed by atoms with Gasteiger partial charge < -0.3 is 5.32 Å². The molecule has 43 heavy (non-hydrogen) atoms. The molecule has 0 unspecified atom stereocenters. The largest absolute Gasteiger partial charge is 0.418 e. The van der Waals surface area contributed by atoms with Gasteiger partial charge in [0.15, 0.2) is 0 Å². The summed E-state index contributed by atoms with van der Waals surface area (Å²) in [6.07, 6.45) is -4.69. The third-order valence-electron chi connectivity index (χ3n) is 7.38. The van der Waals surface area contributed by atoms with E-state index in [0.29, 0.717) is 21.2 Å². The van der Waals surface area contributed by atoms with Gasteiger partial charge in [0.25, 0.3) is 0 Å². The van der Waals surface area contributed by atoms with E-state index in [-0.39, 0.29) is 5.91 Å². The number of amides is 3. The molecule has 3 amide bonds. The van der Waals surface area contributed by atoms with E-state index in [9.17, 15) is 32.3 Å². The Bertz CT molecular complexity index is 1820. The Balaban J connectivity index is 1.39. The first kappa shape index (κ1) is 29.4. The van der Waals surface area contributed by atoms with Crippen molar-refractivity contribution in [2.45, 2.75) is 35.8 Å². The predicted molar refractivity (Wildman–Crippen MR) is 161 cm³/mol. The second-order valence-corrected chi connectivity index (χ2v) is 13.2. The van der Waals surface area contributed by atoms with Crippen LogP contribution in [0.3, 0.4) is 0 Å². The minimum Gasteiger partial charge on any atom is -0.324 e. The summed E-state index contributed by atoms with van der Waals surface area (Å²) in [5.74, 6) is -3.14. The summed E-state index contributed by atoms with van der Waals surface area (Å²) in [6, 6.07) is 18.8. The number of hydrogen-bond donors (Lipinski definition) is 1. The van der Waals surface area contributed by atoms with E-state index in [4.69, 9.17) is 0 Å². The maximum Gasteiger partial charge on any atom is 0.418 e. The topological polar surface area (TPSA) is 88.5 Å². The van der Waals surface area contributed by atoms with Gasteiger partial charge in [0.1, 0.15) is 11.8 Å². The Labute approximate surface area is 259 Å². The van der Waals surface area contributed by atoms with Crippen molar-refractivity contribution < 1.29 is 27.6 Å². The van der Waals surface area contributed by atoms with Gasteiger partial charge in [-0.2, -0.15) is 13.2 Å². The Morgan fingerprint density at radius 2 is 1.63 bits per heavy atom. The molecule has 4 aromatic rings. The second kappa shape index (κ2) is 11.1. The number of para-hydroxylation sites is 1. The lowest BCUT2D eigenvalue weighted by Crippen LogP contribution is -2.33. The highest BCUT2D eigenvalue weighted by atomic mass is 79.9. The molecule has 220 valence electrons. The molecule has 1 saturated heterocycles. The Morgan fingerprint density at radius 1 is 0.953 bits per heavy atom. The van der Waals surface area contributed by atoms with Gasteiger partial charge in [-0.15, -0.1) is 0 Å². The maximum absolute atomic E-state index is 13.9. The van der Waals surface area contributed by atoms with Crippen LogP contribution in [0.2, 0.25) is 0 Å². The molecular weight excluding hydrogens is 667 g/mol. The van der Waals surface area contributed by atoms with Crippen LogP contribution < -0.4 is 15.1 Å². The van der Waals surface area contributed by atoms with Gasteiger partial charge in [-0.3, -0.25) is 23.7 Å². The van der Waals surface area contributed by atoms with Crippen molar-refractivity contribution in [3.05, 3.63) is 109 Å². The second-order valence-electron chi connectivity index (χ2n) is 10.2. The van der Waals surface area contributed by atoms with Crippen LogP contribution in [0.25, 0.3) is 0 Å². The van der Waals surface area contributed by atoms with Gasteiger partial charge in [0.05, 0.1) is 27.9 Å². The average Bonchev–Trinajstić information content (AvgIpc) is 3.40. The summed E-state index contributed by atoms with van der Waals surface area (Å²) in [4.78, 5) is 55.2. The standard InChI is InChI=1S/C30H21BrF3N3O4S2/c1-15-6-12-18(13-7-15)37-26(39)23-22(16-8-10-17(31)11-9-16)25-28(42-24(23)27(37)40)36(29(41)43-25)14-21(38)35-20-5-3-2-4-19(20)30(32,33)34/h2-13,22-24H,14H2,1H3,(H,35,38)/t22-,23-,24+/m0/s1. The molecular formula is C30H21BrF3N3O4S2. The Morgan fingerprint density at radius 3 is 2.30 bits per heavy atom. The predicted octanol–water partition coefficient (Wildman–Crippen LogP) is 6.43. The molecule has 0 saturated carbocycles. The molecule has 0 radical (unpaired) electrons. The molecule has 6 rings (SSSR count). The summed E-state index contributed by atoms with van der Waals surface area (Å²) in [7, 11) is 0. The number of nitrogens with one attached hydrogen (secondary N) is 1. The number of rotatable bonds is 5. The molecule has 1 fully saturated rings. The maximum atomic E-state index is 13.9. The molecule has 1 aromatic heterocycles. The summed E-state index contributed by atoms with van der Waals surface area (Å²) in [5, 5.41) is 1.73. The lowest BCUT2D eigenvalue weighted by molar-refractivity contribution is -0.137. The fraction of sp³-hybridized carbons (Fsp3) is 0.200. The van der Waals surface area contributed by atoms with Crippen LogP contribution in [0.4, 0.5) is 24.5 Å². The van der Waals surface area contributed by atoms with Crippen LogP contribution in [-0.2, 0) is 27.1 Å². The Hall–Kier alpha value is -3.68. The lowest BCUT2D eigenvalue weighted by Gasteiger charge is -2.30. The van der Waals surface area contributed by atoms with Gasteiger partial charge in [-0.1, -0.05) is 81.0 Å². The molecule has 7 nitrogen and oxygen atoms in total. The van der Waals surface area contributed by atoms with E-state index in [1.807, 2.05) is 19.1 Å². The molecule has 3 atom stereocenters. The quantitative estimate of drug-likeness (QED) is 0.244. The molecule has 2 aliphatic rings. The SMILES string of the molecule is Cc1ccc(N2C(=O)[C@H]3[C@H](c4ccc(Br)cc4)c4sc(=O)n(CC(=O)Nc5ccccc5C(F)(F)F)c4S[C@H]3C2=O)cc1. The zero-order valence-corrected chi connectivity index (χ0v) is 25.4. The number of imide groups is 1. The van der Waals surface area contributed by atoms with Crippen molar-refractivity contribution in [2.24, 2.45) is 5.92 Å². The van der Waals surface area contributed by atoms with Crippen molar-refractivity contribution >= 4 is 68.1 Å². The smallest absolute Gasteiger partial charge is 0.324 e. The number of hydrogen-bond acceptors (Lipinski definition) is 6. The summed E-state index contributed by atoms with van der Waals surface area (Å²) in [6.45, 7) is 1.32. The molecule has 0 aliphatic carbocycles. The highest BCUT2D eigenvalue weighted by molar-refractivity contribution is 9.10. The molecule has 2 aliphatic heterocycles. The van der Waals surface area contributed by atoms with Crippen LogP contribution in [0.1, 0.15) is 27.5 Å². The minimum atomic E-state index is -4.69. The fourth-order valence-electron chi connectivity index (χ4n) is 5.41. The van der Waals surface area contributed by atoms with Gasteiger partial charge >= 0.3 is 11.0 Å². The van der Waals surface area contributed by atoms with Crippen LogP contribution in [-0.4, -0.2) is 27.5 Å². The average molecular weight is 689 g/mol. The van der Waals surface area contributed by atoms with Crippen molar-refractivity contribution in [2.75, 3.05) is 10.2 Å². The van der Waals surface area contributed by atoms with E-state index in [1.54, 1.807) is 36.4 Å². The summed E-state index contributed by atoms with van der Waals surface area (Å²) in [5.41, 5.74) is 0.673. The fourth-order valence-corrected chi connectivity index (χ4v) is 8.44. The molecule has 3 heterocycles. The number of thioether (sulfide) groups is 1. The number of carbonyl (C=O) groups is 3. The molecule has 0 bridgehead atoms. The van der Waals surface area contributed by atoms with Gasteiger partial charge in [-0.25, -0.2) is 4.90 Å². The minimum absolute atomic E-state index is 0.343. The van der Waals surface area contributed by atoms with Crippen LogP contribution in [0.5, 0.6) is 0 Å². The number of benzene rings is 3. The number of anilines is 2. The zero-order valence-electron chi connectivity index (χ0n) is 22.2. The lowest BCUT2D eigenvalue weighted by atomic mass is 9.83. The first-order chi connectivity index (χ1) is 20.4. The van der Waals surface area contributed by atoms with Crippen molar-refractivity contribution in [3.63, 3.8) is 0 Å². The highest BCUT2D eigenvalue weighted by Gasteiger charge is 2.56. The van der Waals surface area contributed by atoms with Gasteiger partial charge in [0.2, 0.25) is 17.7 Å². The van der Waals surface area contributed by atoms with Crippen LogP contribution >= 0.6 is 39.0 Å². The Kier molecular flexibility index (Phi) is 7.59. The van der Waals surface area contributed by atoms with Crippen molar-refractivity contribution in [3.8, 4) is 0 Å². The number of aromatic nitrogens is 1. The number of thiazole rings is 1. The van der Waals surface area contributed by atoms with Crippen LogP contribution in [0, 0.1) is 12.8 Å². The summed E-state index contributed by atoms with van der Waals surface area (Å²) >= 11 is 5.31. The highest BCUT2D eigenvalue weighted by Crippen LogP contribution is 2.54. The number of halogens is 4. The number of nitrogens with zero attached hydrogens (tertiary/aromatic N) is 2. The molecule has 3 aromatic carbocycles. The van der Waals surface area contributed by atoms with E-state index in [2.05, 4.69) is 21.2 Å². The number of aryl methyl sites for hydroxylation is 1. The normalized spacial score (nSPS) is 19.7. The molecule has 13 heteroatoms.